The number of aromatic nitrogens is 2. The van der Waals surface area contributed by atoms with E-state index < -0.39 is 21.3 Å². The van der Waals surface area contributed by atoms with Crippen LogP contribution in [0.5, 0.6) is 0 Å². The summed E-state index contributed by atoms with van der Waals surface area (Å²) in [6.45, 7) is 17.4. The molecule has 0 unspecified atom stereocenters. The molecule has 2 aliphatic rings. The van der Waals surface area contributed by atoms with Crippen LogP contribution in [0.2, 0.25) is 0 Å². The number of rotatable bonds is 7. The van der Waals surface area contributed by atoms with Gasteiger partial charge in [-0.1, -0.05) is 0 Å². The first-order chi connectivity index (χ1) is 18.9. The second-order valence-electron chi connectivity index (χ2n) is 13.2. The Morgan fingerprint density at radius 3 is 1.66 bits per heavy atom. The summed E-state index contributed by atoms with van der Waals surface area (Å²) in [7, 11) is -3.35. The highest BCUT2D eigenvalue weighted by Crippen LogP contribution is 2.24. The first kappa shape index (κ1) is 34.9. The number of carbonyl (C=O) groups is 2. The van der Waals surface area contributed by atoms with Gasteiger partial charge in [-0.15, -0.1) is 0 Å². The Bertz CT molecular complexity index is 1060. The van der Waals surface area contributed by atoms with Crippen molar-refractivity contribution in [2.75, 3.05) is 39.0 Å². The van der Waals surface area contributed by atoms with Crippen molar-refractivity contribution < 1.29 is 31.7 Å². The largest absolute Gasteiger partial charge is 0.444 e. The number of carbonyl (C=O) groups excluding carboxylic acids is 2. The molecular formula is C29H52N4O7S. The van der Waals surface area contributed by atoms with Crippen LogP contribution in [0.4, 0.5) is 9.59 Å². The maximum Gasteiger partial charge on any atom is 0.410 e. The summed E-state index contributed by atoms with van der Waals surface area (Å²) in [5.74, 6) is 1.07. The molecule has 2 fully saturated rings. The SMILES string of the molecule is CC(C)(C)OC(=O)N1CCC(CCOS(C)(=O)=O)CC1.Cc1cnn(CCC2CCN(C(=O)OC(C)(C)C)CC2)c1. The van der Waals surface area contributed by atoms with Crippen molar-refractivity contribution in [3.8, 4) is 0 Å². The molecule has 0 bridgehead atoms. The van der Waals surface area contributed by atoms with Gasteiger partial charge in [0.1, 0.15) is 11.2 Å². The molecule has 1 aromatic heterocycles. The minimum Gasteiger partial charge on any atom is -0.444 e. The number of amides is 2. The first-order valence-electron chi connectivity index (χ1n) is 14.7. The van der Waals surface area contributed by atoms with Crippen molar-refractivity contribution in [1.29, 1.82) is 0 Å². The van der Waals surface area contributed by atoms with Crippen LogP contribution in [0.25, 0.3) is 0 Å². The zero-order chi connectivity index (χ0) is 30.8. The Labute approximate surface area is 247 Å². The van der Waals surface area contributed by atoms with Gasteiger partial charge in [0.2, 0.25) is 0 Å². The number of ether oxygens (including phenoxy) is 2. The summed E-state index contributed by atoms with van der Waals surface area (Å²) < 4.78 is 39.2. The molecule has 0 atom stereocenters. The van der Waals surface area contributed by atoms with Crippen molar-refractivity contribution >= 4 is 22.3 Å². The summed E-state index contributed by atoms with van der Waals surface area (Å²) in [6, 6.07) is 0. The quantitative estimate of drug-likeness (QED) is 0.390. The Balaban J connectivity index is 0.000000287. The van der Waals surface area contributed by atoms with Gasteiger partial charge in [-0.3, -0.25) is 8.86 Å². The maximum absolute atomic E-state index is 12.0. The zero-order valence-corrected chi connectivity index (χ0v) is 27.2. The van der Waals surface area contributed by atoms with Crippen molar-refractivity contribution in [3.05, 3.63) is 18.0 Å². The number of hydrogen-bond acceptors (Lipinski definition) is 8. The molecule has 3 rings (SSSR count). The monoisotopic (exact) mass is 600 g/mol. The highest BCUT2D eigenvalue weighted by atomic mass is 32.2. The molecule has 0 aromatic carbocycles. The van der Waals surface area contributed by atoms with E-state index in [4.69, 9.17) is 13.7 Å². The van der Waals surface area contributed by atoms with Crippen LogP contribution >= 0.6 is 0 Å². The summed E-state index contributed by atoms with van der Waals surface area (Å²) in [5.41, 5.74) is 0.318. The van der Waals surface area contributed by atoms with Crippen LogP contribution in [0.15, 0.2) is 12.4 Å². The third kappa shape index (κ3) is 14.9. The van der Waals surface area contributed by atoms with E-state index in [0.29, 0.717) is 31.3 Å². The third-order valence-corrected chi connectivity index (χ3v) is 7.48. The molecule has 0 spiro atoms. The molecule has 1 aromatic rings. The molecule has 2 saturated heterocycles. The molecule has 0 N–H and O–H groups in total. The number of likely N-dealkylation sites (tertiary alicyclic amines) is 2. The van der Waals surface area contributed by atoms with E-state index in [-0.39, 0.29) is 18.8 Å². The van der Waals surface area contributed by atoms with Crippen LogP contribution < -0.4 is 0 Å². The van der Waals surface area contributed by atoms with Gasteiger partial charge in [0.05, 0.1) is 19.1 Å². The van der Waals surface area contributed by atoms with Crippen LogP contribution in [0.3, 0.4) is 0 Å². The van der Waals surface area contributed by atoms with Crippen LogP contribution in [0.1, 0.15) is 85.6 Å². The second-order valence-corrected chi connectivity index (χ2v) is 14.8. The van der Waals surface area contributed by atoms with Crippen LogP contribution in [-0.4, -0.2) is 90.4 Å². The summed E-state index contributed by atoms with van der Waals surface area (Å²) in [5, 5.41) is 4.32. The highest BCUT2D eigenvalue weighted by Gasteiger charge is 2.28. The maximum atomic E-state index is 12.0. The minimum absolute atomic E-state index is 0.177. The highest BCUT2D eigenvalue weighted by molar-refractivity contribution is 7.85. The lowest BCUT2D eigenvalue weighted by atomic mass is 9.94. The normalized spacial score (nSPS) is 17.6. The van der Waals surface area contributed by atoms with Crippen LogP contribution in [0, 0.1) is 18.8 Å². The fraction of sp³-hybridized carbons (Fsp3) is 0.828. The lowest BCUT2D eigenvalue weighted by Gasteiger charge is -2.33. The summed E-state index contributed by atoms with van der Waals surface area (Å²) in [6.07, 6.45) is 10.2. The molecule has 0 saturated carbocycles. The molecule has 11 nitrogen and oxygen atoms in total. The molecule has 2 amide bonds. The predicted octanol–water partition coefficient (Wildman–Crippen LogP) is 5.23. The van der Waals surface area contributed by atoms with Gasteiger partial charge in [0, 0.05) is 38.9 Å². The van der Waals surface area contributed by atoms with Gasteiger partial charge in [-0.2, -0.15) is 13.5 Å². The lowest BCUT2D eigenvalue weighted by molar-refractivity contribution is 0.0168. The van der Waals surface area contributed by atoms with E-state index in [0.717, 1.165) is 58.0 Å². The van der Waals surface area contributed by atoms with Crippen molar-refractivity contribution in [2.45, 2.75) is 105 Å². The van der Waals surface area contributed by atoms with Gasteiger partial charge in [-0.25, -0.2) is 9.59 Å². The van der Waals surface area contributed by atoms with Gasteiger partial charge in [0.25, 0.3) is 10.1 Å². The lowest BCUT2D eigenvalue weighted by Crippen LogP contribution is -2.41. The van der Waals surface area contributed by atoms with E-state index in [9.17, 15) is 18.0 Å². The Morgan fingerprint density at radius 1 is 0.854 bits per heavy atom. The summed E-state index contributed by atoms with van der Waals surface area (Å²) >= 11 is 0. The molecule has 2 aliphatic heterocycles. The number of aryl methyl sites for hydroxylation is 2. The van der Waals surface area contributed by atoms with Gasteiger partial charge in [-0.05, 0) is 104 Å². The molecular weight excluding hydrogens is 548 g/mol. The molecule has 236 valence electrons. The van der Waals surface area contributed by atoms with E-state index >= 15 is 0 Å². The Kier molecular flexibility index (Phi) is 12.9. The van der Waals surface area contributed by atoms with Gasteiger partial charge < -0.3 is 19.3 Å². The van der Waals surface area contributed by atoms with Crippen molar-refractivity contribution in [1.82, 2.24) is 19.6 Å². The average molecular weight is 601 g/mol. The molecule has 41 heavy (non-hydrogen) atoms. The predicted molar refractivity (Wildman–Crippen MR) is 158 cm³/mol. The fourth-order valence-corrected chi connectivity index (χ4v) is 5.13. The molecule has 0 radical (unpaired) electrons. The smallest absolute Gasteiger partial charge is 0.410 e. The van der Waals surface area contributed by atoms with E-state index in [2.05, 4.69) is 18.2 Å². The minimum atomic E-state index is -3.35. The summed E-state index contributed by atoms with van der Waals surface area (Å²) in [4.78, 5) is 27.4. The fourth-order valence-electron chi connectivity index (χ4n) is 4.73. The third-order valence-electron chi connectivity index (χ3n) is 6.88. The molecule has 0 aliphatic carbocycles. The molecule has 3 heterocycles. The number of nitrogens with zero attached hydrogens (tertiary/aromatic N) is 4. The topological polar surface area (TPSA) is 120 Å². The van der Waals surface area contributed by atoms with E-state index in [1.165, 1.54) is 5.56 Å². The van der Waals surface area contributed by atoms with Crippen LogP contribution in [-0.2, 0) is 30.3 Å². The van der Waals surface area contributed by atoms with Crippen molar-refractivity contribution in [3.63, 3.8) is 0 Å². The van der Waals surface area contributed by atoms with E-state index in [1.54, 1.807) is 4.90 Å². The standard InChI is InChI=1S/C16H27N3O2.C13H25NO5S/c1-13-11-17-19(12-13)10-7-14-5-8-18(9-6-14)15(20)21-16(2,3)4;1-13(2,3)19-12(15)14-8-5-11(6-9-14)7-10-18-20(4,16)17/h11-12,14H,5-10H2,1-4H3;11H,5-10H2,1-4H3. The van der Waals surface area contributed by atoms with Gasteiger partial charge >= 0.3 is 12.2 Å². The van der Waals surface area contributed by atoms with E-state index in [1.807, 2.05) is 57.3 Å². The Hall–Kier alpha value is -2.34. The average Bonchev–Trinajstić information content (AvgIpc) is 3.26. The first-order valence-corrected chi connectivity index (χ1v) is 16.5. The second kappa shape index (κ2) is 15.2. The molecule has 12 heteroatoms. The van der Waals surface area contributed by atoms with Crippen molar-refractivity contribution in [2.24, 2.45) is 11.8 Å². The zero-order valence-electron chi connectivity index (χ0n) is 26.3. The number of hydrogen-bond donors (Lipinski definition) is 0. The Morgan fingerprint density at radius 2 is 1.29 bits per heavy atom. The van der Waals surface area contributed by atoms with Gasteiger partial charge in [0.15, 0.2) is 0 Å². The number of piperidine rings is 2.